The lowest BCUT2D eigenvalue weighted by Crippen LogP contribution is -2.15. The molecule has 0 saturated heterocycles. The SMILES string of the molecule is COc1cc(C)c(C(=O)Nc2ccc(C(N)=O)cc2)cc1C(C)C. The van der Waals surface area contributed by atoms with Gasteiger partial charge in [-0.3, -0.25) is 9.59 Å². The molecule has 2 rings (SSSR count). The van der Waals surface area contributed by atoms with Crippen molar-refractivity contribution in [2.45, 2.75) is 26.7 Å². The third-order valence-electron chi connectivity index (χ3n) is 3.87. The van der Waals surface area contributed by atoms with E-state index in [2.05, 4.69) is 19.2 Å². The minimum absolute atomic E-state index is 0.205. The molecule has 24 heavy (non-hydrogen) atoms. The number of rotatable bonds is 5. The van der Waals surface area contributed by atoms with Crippen LogP contribution >= 0.6 is 0 Å². The van der Waals surface area contributed by atoms with Crippen molar-refractivity contribution in [3.8, 4) is 5.75 Å². The molecule has 2 amide bonds. The van der Waals surface area contributed by atoms with Gasteiger partial charge in [0.1, 0.15) is 5.75 Å². The van der Waals surface area contributed by atoms with Crippen LogP contribution in [0.5, 0.6) is 5.75 Å². The maximum absolute atomic E-state index is 12.6. The number of hydrogen-bond donors (Lipinski definition) is 2. The van der Waals surface area contributed by atoms with Crippen molar-refractivity contribution in [1.82, 2.24) is 0 Å². The van der Waals surface area contributed by atoms with Crippen LogP contribution in [0.1, 0.15) is 51.6 Å². The normalized spacial score (nSPS) is 10.5. The predicted molar refractivity (Wildman–Crippen MR) is 94.7 cm³/mol. The van der Waals surface area contributed by atoms with Crippen molar-refractivity contribution >= 4 is 17.5 Å². The van der Waals surface area contributed by atoms with Gasteiger partial charge in [0.2, 0.25) is 5.91 Å². The Morgan fingerprint density at radius 2 is 1.75 bits per heavy atom. The number of ether oxygens (including phenoxy) is 1. The number of hydrogen-bond acceptors (Lipinski definition) is 3. The number of benzene rings is 2. The number of primary amides is 1. The molecule has 0 bridgehead atoms. The quantitative estimate of drug-likeness (QED) is 0.882. The van der Waals surface area contributed by atoms with Crippen molar-refractivity contribution in [3.05, 3.63) is 58.7 Å². The molecular formula is C19H22N2O3. The maximum atomic E-state index is 12.6. The largest absolute Gasteiger partial charge is 0.496 e. The topological polar surface area (TPSA) is 81.4 Å². The Hall–Kier alpha value is -2.82. The highest BCUT2D eigenvalue weighted by atomic mass is 16.5. The zero-order valence-electron chi connectivity index (χ0n) is 14.3. The number of nitrogens with one attached hydrogen (secondary N) is 1. The molecule has 2 aromatic carbocycles. The van der Waals surface area contributed by atoms with Crippen LogP contribution in [-0.4, -0.2) is 18.9 Å². The molecule has 0 aromatic heterocycles. The highest BCUT2D eigenvalue weighted by Crippen LogP contribution is 2.30. The van der Waals surface area contributed by atoms with E-state index >= 15 is 0 Å². The van der Waals surface area contributed by atoms with E-state index in [0.717, 1.165) is 16.9 Å². The highest BCUT2D eigenvalue weighted by molar-refractivity contribution is 6.05. The van der Waals surface area contributed by atoms with Crippen LogP contribution < -0.4 is 15.8 Å². The van der Waals surface area contributed by atoms with Gasteiger partial charge in [0.15, 0.2) is 0 Å². The number of amides is 2. The molecule has 5 nitrogen and oxygen atoms in total. The lowest BCUT2D eigenvalue weighted by Gasteiger charge is -2.16. The summed E-state index contributed by atoms with van der Waals surface area (Å²) in [6, 6.07) is 10.2. The molecule has 0 aliphatic rings. The fourth-order valence-corrected chi connectivity index (χ4v) is 2.49. The van der Waals surface area contributed by atoms with Gasteiger partial charge in [-0.1, -0.05) is 13.8 Å². The third-order valence-corrected chi connectivity index (χ3v) is 3.87. The van der Waals surface area contributed by atoms with Gasteiger partial charge in [-0.05, 0) is 60.4 Å². The molecule has 0 spiro atoms. The monoisotopic (exact) mass is 326 g/mol. The molecule has 0 aliphatic carbocycles. The first kappa shape index (κ1) is 17.5. The van der Waals surface area contributed by atoms with Gasteiger partial charge in [0.05, 0.1) is 7.11 Å². The molecule has 0 saturated carbocycles. The third kappa shape index (κ3) is 3.74. The number of methoxy groups -OCH3 is 1. The smallest absolute Gasteiger partial charge is 0.255 e. The zero-order chi connectivity index (χ0) is 17.9. The van der Waals surface area contributed by atoms with Crippen molar-refractivity contribution in [3.63, 3.8) is 0 Å². The Kier molecular flexibility index (Phi) is 5.24. The molecule has 0 atom stereocenters. The molecule has 0 aliphatic heterocycles. The highest BCUT2D eigenvalue weighted by Gasteiger charge is 2.16. The Morgan fingerprint density at radius 3 is 2.25 bits per heavy atom. The molecule has 0 heterocycles. The van der Waals surface area contributed by atoms with Gasteiger partial charge < -0.3 is 15.8 Å². The first-order chi connectivity index (χ1) is 11.3. The summed E-state index contributed by atoms with van der Waals surface area (Å²) < 4.78 is 5.40. The average molecular weight is 326 g/mol. The fourth-order valence-electron chi connectivity index (χ4n) is 2.49. The summed E-state index contributed by atoms with van der Waals surface area (Å²) in [4.78, 5) is 23.7. The van der Waals surface area contributed by atoms with E-state index in [1.54, 1.807) is 31.4 Å². The van der Waals surface area contributed by atoms with Crippen LogP contribution in [0.4, 0.5) is 5.69 Å². The summed E-state index contributed by atoms with van der Waals surface area (Å²) >= 11 is 0. The van der Waals surface area contributed by atoms with E-state index < -0.39 is 5.91 Å². The summed E-state index contributed by atoms with van der Waals surface area (Å²) in [5.41, 5.74) is 8.63. The predicted octanol–water partition coefficient (Wildman–Crippen LogP) is 3.48. The second-order valence-electron chi connectivity index (χ2n) is 5.96. The first-order valence-electron chi connectivity index (χ1n) is 7.73. The Morgan fingerprint density at radius 1 is 1.12 bits per heavy atom. The molecule has 3 N–H and O–H groups in total. The van der Waals surface area contributed by atoms with Gasteiger partial charge in [-0.25, -0.2) is 0 Å². The van der Waals surface area contributed by atoms with Gasteiger partial charge in [0, 0.05) is 16.8 Å². The lowest BCUT2D eigenvalue weighted by atomic mass is 9.96. The fraction of sp³-hybridized carbons (Fsp3) is 0.263. The summed E-state index contributed by atoms with van der Waals surface area (Å²) in [6.07, 6.45) is 0. The summed E-state index contributed by atoms with van der Waals surface area (Å²) in [7, 11) is 1.63. The summed E-state index contributed by atoms with van der Waals surface area (Å²) in [5.74, 6) is 0.316. The van der Waals surface area contributed by atoms with Crippen LogP contribution in [-0.2, 0) is 0 Å². The maximum Gasteiger partial charge on any atom is 0.255 e. The number of anilines is 1. The van der Waals surface area contributed by atoms with Crippen molar-refractivity contribution < 1.29 is 14.3 Å². The van der Waals surface area contributed by atoms with Crippen molar-refractivity contribution in [2.75, 3.05) is 12.4 Å². The van der Waals surface area contributed by atoms with Gasteiger partial charge >= 0.3 is 0 Å². The molecule has 5 heteroatoms. The number of nitrogens with two attached hydrogens (primary N) is 1. The number of carbonyl (C=O) groups excluding carboxylic acids is 2. The van der Waals surface area contributed by atoms with Gasteiger partial charge in [0.25, 0.3) is 5.91 Å². The van der Waals surface area contributed by atoms with Crippen LogP contribution in [0.25, 0.3) is 0 Å². The van der Waals surface area contributed by atoms with E-state index in [1.165, 1.54) is 0 Å². The molecule has 0 fully saturated rings. The minimum atomic E-state index is -0.500. The molecule has 126 valence electrons. The van der Waals surface area contributed by atoms with E-state index in [1.807, 2.05) is 19.1 Å². The van der Waals surface area contributed by atoms with E-state index in [9.17, 15) is 9.59 Å². The van der Waals surface area contributed by atoms with E-state index in [0.29, 0.717) is 16.8 Å². The van der Waals surface area contributed by atoms with Crippen molar-refractivity contribution in [1.29, 1.82) is 0 Å². The zero-order valence-corrected chi connectivity index (χ0v) is 14.3. The van der Waals surface area contributed by atoms with Gasteiger partial charge in [-0.2, -0.15) is 0 Å². The molecule has 2 aromatic rings. The summed E-state index contributed by atoms with van der Waals surface area (Å²) in [5, 5.41) is 2.84. The van der Waals surface area contributed by atoms with Crippen LogP contribution in [0.3, 0.4) is 0 Å². The Bertz CT molecular complexity index is 765. The minimum Gasteiger partial charge on any atom is -0.496 e. The van der Waals surface area contributed by atoms with E-state index in [4.69, 9.17) is 10.5 Å². The first-order valence-corrected chi connectivity index (χ1v) is 7.73. The molecule has 0 radical (unpaired) electrons. The average Bonchev–Trinajstić information content (AvgIpc) is 2.54. The number of aryl methyl sites for hydroxylation is 1. The van der Waals surface area contributed by atoms with Crippen LogP contribution in [0.15, 0.2) is 36.4 Å². The second-order valence-corrected chi connectivity index (χ2v) is 5.96. The Labute approximate surface area is 141 Å². The van der Waals surface area contributed by atoms with Gasteiger partial charge in [-0.15, -0.1) is 0 Å². The second kappa shape index (κ2) is 7.17. The Balaban J connectivity index is 2.29. The van der Waals surface area contributed by atoms with Crippen LogP contribution in [0, 0.1) is 6.92 Å². The van der Waals surface area contributed by atoms with Crippen LogP contribution in [0.2, 0.25) is 0 Å². The van der Waals surface area contributed by atoms with Crippen molar-refractivity contribution in [2.24, 2.45) is 5.73 Å². The molecule has 0 unspecified atom stereocenters. The lowest BCUT2D eigenvalue weighted by molar-refractivity contribution is 0.0998. The summed E-state index contributed by atoms with van der Waals surface area (Å²) in [6.45, 7) is 5.98. The molecular weight excluding hydrogens is 304 g/mol. The standard InChI is InChI=1S/C19H22N2O3/c1-11(2)15-10-16(12(3)9-17(15)24-4)19(23)21-14-7-5-13(6-8-14)18(20)22/h5-11H,1-4H3,(H2,20,22)(H,21,23). The number of carbonyl (C=O) groups is 2. The van der Waals surface area contributed by atoms with E-state index in [-0.39, 0.29) is 11.8 Å².